The quantitative estimate of drug-likeness (QED) is 0.438. The first-order valence-corrected chi connectivity index (χ1v) is 8.92. The van der Waals surface area contributed by atoms with E-state index >= 15 is 0 Å². The van der Waals surface area contributed by atoms with Crippen LogP contribution in [0.3, 0.4) is 0 Å². The topological polar surface area (TPSA) is 89.5 Å². The fourth-order valence-electron chi connectivity index (χ4n) is 3.02. The molecule has 0 radical (unpaired) electrons. The highest BCUT2D eigenvalue weighted by Crippen LogP contribution is 2.19. The van der Waals surface area contributed by atoms with Crippen LogP contribution in [0.15, 0.2) is 68.9 Å². The van der Waals surface area contributed by atoms with Crippen molar-refractivity contribution in [3.8, 4) is 0 Å². The molecular formula is C21H18N4O3. The molecule has 2 heterocycles. The molecule has 0 aliphatic heterocycles. The zero-order valence-electron chi connectivity index (χ0n) is 15.5. The highest BCUT2D eigenvalue weighted by molar-refractivity contribution is 6.06. The summed E-state index contributed by atoms with van der Waals surface area (Å²) in [6.07, 6.45) is 0. The molecule has 1 N–H and O–H groups in total. The monoisotopic (exact) mass is 374 g/mol. The van der Waals surface area contributed by atoms with Crippen molar-refractivity contribution in [2.75, 3.05) is 0 Å². The summed E-state index contributed by atoms with van der Waals surface area (Å²) in [5, 5.41) is 10.2. The van der Waals surface area contributed by atoms with Crippen molar-refractivity contribution in [2.24, 2.45) is 5.10 Å². The number of amides is 1. The summed E-state index contributed by atoms with van der Waals surface area (Å²) in [5.74, 6) is 0.0757. The van der Waals surface area contributed by atoms with E-state index in [-0.39, 0.29) is 11.3 Å². The second kappa shape index (κ2) is 7.11. The van der Waals surface area contributed by atoms with E-state index in [9.17, 15) is 9.59 Å². The number of hydrazone groups is 1. The lowest BCUT2D eigenvalue weighted by atomic mass is 10.1. The largest absolute Gasteiger partial charge is 0.455 e. The van der Waals surface area contributed by atoms with Gasteiger partial charge < -0.3 is 4.42 Å². The minimum atomic E-state index is -0.492. The third kappa shape index (κ3) is 3.07. The molecular weight excluding hydrogens is 356 g/mol. The number of nitrogens with one attached hydrogen (secondary N) is 1. The molecule has 0 bridgehead atoms. The SMILES string of the molecule is CCn1nc(C(=O)N/N=C(\C)c2cc3ccccc3o2)c2ccccc2c1=O. The van der Waals surface area contributed by atoms with Gasteiger partial charge in [0.05, 0.1) is 5.39 Å². The number of carbonyl (C=O) groups excluding carboxylic acids is 1. The van der Waals surface area contributed by atoms with Gasteiger partial charge in [-0.3, -0.25) is 9.59 Å². The standard InChI is InChI=1S/C21H18N4O3/c1-3-25-21(27)16-10-6-5-9-15(16)19(24-25)20(26)23-22-13(2)18-12-14-8-4-7-11-17(14)28-18/h4-12H,3H2,1-2H3,(H,23,26)/b22-13+. The van der Waals surface area contributed by atoms with Gasteiger partial charge in [-0.05, 0) is 32.0 Å². The van der Waals surface area contributed by atoms with Gasteiger partial charge in [-0.25, -0.2) is 10.1 Å². The summed E-state index contributed by atoms with van der Waals surface area (Å²) in [5.41, 5.74) is 3.72. The fraction of sp³-hybridized carbons (Fsp3) is 0.143. The zero-order valence-corrected chi connectivity index (χ0v) is 15.5. The minimum absolute atomic E-state index is 0.151. The van der Waals surface area contributed by atoms with Crippen LogP contribution in [-0.2, 0) is 6.54 Å². The average Bonchev–Trinajstić information content (AvgIpc) is 3.16. The molecule has 0 atom stereocenters. The van der Waals surface area contributed by atoms with Crippen molar-refractivity contribution in [3.05, 3.63) is 76.4 Å². The maximum atomic E-state index is 12.7. The molecule has 7 nitrogen and oxygen atoms in total. The van der Waals surface area contributed by atoms with Crippen molar-refractivity contribution in [2.45, 2.75) is 20.4 Å². The van der Waals surface area contributed by atoms with Crippen molar-refractivity contribution in [3.63, 3.8) is 0 Å². The highest BCUT2D eigenvalue weighted by atomic mass is 16.3. The number of aromatic nitrogens is 2. The average molecular weight is 374 g/mol. The lowest BCUT2D eigenvalue weighted by Gasteiger charge is -2.08. The Balaban J connectivity index is 1.67. The van der Waals surface area contributed by atoms with E-state index in [0.29, 0.717) is 28.8 Å². The molecule has 28 heavy (non-hydrogen) atoms. The van der Waals surface area contributed by atoms with Crippen LogP contribution in [0.5, 0.6) is 0 Å². The molecule has 0 saturated carbocycles. The molecule has 4 aromatic rings. The number of benzene rings is 2. The number of hydrogen-bond acceptors (Lipinski definition) is 5. The van der Waals surface area contributed by atoms with Crippen molar-refractivity contribution >= 4 is 33.4 Å². The number of furan rings is 1. The lowest BCUT2D eigenvalue weighted by molar-refractivity contribution is 0.0949. The maximum Gasteiger partial charge on any atom is 0.292 e. The molecule has 2 aromatic carbocycles. The summed E-state index contributed by atoms with van der Waals surface area (Å²) in [6.45, 7) is 3.91. The molecule has 0 aliphatic rings. The number of carbonyl (C=O) groups is 1. The molecule has 0 aliphatic carbocycles. The first-order chi connectivity index (χ1) is 13.6. The number of rotatable bonds is 4. The first-order valence-electron chi connectivity index (χ1n) is 8.92. The Morgan fingerprint density at radius 1 is 1.14 bits per heavy atom. The van der Waals surface area contributed by atoms with Gasteiger partial charge in [-0.15, -0.1) is 0 Å². The normalized spacial score (nSPS) is 11.9. The van der Waals surface area contributed by atoms with Crippen LogP contribution in [0, 0.1) is 0 Å². The van der Waals surface area contributed by atoms with Gasteiger partial charge in [0.2, 0.25) is 0 Å². The predicted molar refractivity (Wildman–Crippen MR) is 108 cm³/mol. The van der Waals surface area contributed by atoms with Crippen LogP contribution in [0.2, 0.25) is 0 Å². The van der Waals surface area contributed by atoms with E-state index in [0.717, 1.165) is 11.0 Å². The Morgan fingerprint density at radius 3 is 2.61 bits per heavy atom. The van der Waals surface area contributed by atoms with Crippen LogP contribution in [-0.4, -0.2) is 21.4 Å². The van der Waals surface area contributed by atoms with Crippen LogP contribution >= 0.6 is 0 Å². The first kappa shape index (κ1) is 17.7. The molecule has 0 saturated heterocycles. The van der Waals surface area contributed by atoms with Crippen molar-refractivity contribution < 1.29 is 9.21 Å². The highest BCUT2D eigenvalue weighted by Gasteiger charge is 2.16. The Labute approximate surface area is 160 Å². The lowest BCUT2D eigenvalue weighted by Crippen LogP contribution is -2.28. The molecule has 0 fully saturated rings. The van der Waals surface area contributed by atoms with Crippen LogP contribution in [0.25, 0.3) is 21.7 Å². The second-order valence-electron chi connectivity index (χ2n) is 6.30. The number of nitrogens with zero attached hydrogens (tertiary/aromatic N) is 3. The number of hydrogen-bond donors (Lipinski definition) is 1. The van der Waals surface area contributed by atoms with Gasteiger partial charge in [0.25, 0.3) is 11.5 Å². The van der Waals surface area contributed by atoms with E-state index in [1.807, 2.05) is 30.3 Å². The Kier molecular flexibility index (Phi) is 4.49. The molecule has 7 heteroatoms. The van der Waals surface area contributed by atoms with E-state index in [4.69, 9.17) is 4.42 Å². The third-order valence-corrected chi connectivity index (χ3v) is 4.49. The van der Waals surface area contributed by atoms with E-state index < -0.39 is 5.91 Å². The second-order valence-corrected chi connectivity index (χ2v) is 6.30. The maximum absolute atomic E-state index is 12.7. The number of fused-ring (bicyclic) bond motifs is 2. The predicted octanol–water partition coefficient (Wildman–Crippen LogP) is 3.32. The summed E-state index contributed by atoms with van der Waals surface area (Å²) < 4.78 is 7.02. The molecule has 0 spiro atoms. The Hall–Kier alpha value is -3.74. The molecule has 4 rings (SSSR count). The van der Waals surface area contributed by atoms with Crippen LogP contribution in [0.1, 0.15) is 30.1 Å². The Bertz CT molecular complexity index is 1250. The minimum Gasteiger partial charge on any atom is -0.455 e. The van der Waals surface area contributed by atoms with Crippen LogP contribution in [0.4, 0.5) is 0 Å². The Morgan fingerprint density at radius 2 is 1.86 bits per heavy atom. The van der Waals surface area contributed by atoms with Crippen LogP contribution < -0.4 is 11.0 Å². The smallest absolute Gasteiger partial charge is 0.292 e. The summed E-state index contributed by atoms with van der Waals surface area (Å²) in [7, 11) is 0. The van der Waals surface area contributed by atoms with Gasteiger partial charge in [-0.1, -0.05) is 36.4 Å². The van der Waals surface area contributed by atoms with Gasteiger partial charge in [-0.2, -0.15) is 10.2 Å². The van der Waals surface area contributed by atoms with Gasteiger partial charge in [0.1, 0.15) is 11.3 Å². The van der Waals surface area contributed by atoms with Gasteiger partial charge in [0, 0.05) is 17.3 Å². The summed E-state index contributed by atoms with van der Waals surface area (Å²) in [4.78, 5) is 25.1. The van der Waals surface area contributed by atoms with E-state index in [1.165, 1.54) is 4.68 Å². The van der Waals surface area contributed by atoms with E-state index in [2.05, 4.69) is 15.6 Å². The molecule has 2 aromatic heterocycles. The van der Waals surface area contributed by atoms with E-state index in [1.54, 1.807) is 38.1 Å². The third-order valence-electron chi connectivity index (χ3n) is 4.49. The number of aryl methyl sites for hydroxylation is 1. The van der Waals surface area contributed by atoms with Gasteiger partial charge >= 0.3 is 0 Å². The van der Waals surface area contributed by atoms with Crippen molar-refractivity contribution in [1.82, 2.24) is 15.2 Å². The zero-order chi connectivity index (χ0) is 19.7. The summed E-state index contributed by atoms with van der Waals surface area (Å²) >= 11 is 0. The fourth-order valence-corrected chi connectivity index (χ4v) is 3.02. The molecule has 140 valence electrons. The molecule has 1 amide bonds. The number of para-hydroxylation sites is 1. The van der Waals surface area contributed by atoms with Gasteiger partial charge in [0.15, 0.2) is 11.5 Å². The van der Waals surface area contributed by atoms with Crippen molar-refractivity contribution in [1.29, 1.82) is 0 Å². The summed E-state index contributed by atoms with van der Waals surface area (Å²) in [6, 6.07) is 16.4. The molecule has 0 unspecified atom stereocenters.